The molecule has 1 rings (SSSR count). The fourth-order valence-corrected chi connectivity index (χ4v) is 3.65. The van der Waals surface area contributed by atoms with Crippen molar-refractivity contribution in [1.82, 2.24) is 20.2 Å². The minimum Gasteiger partial charge on any atom is -0.393 e. The lowest BCUT2D eigenvalue weighted by Crippen LogP contribution is -2.55. The number of aryl methyl sites for hydroxylation is 1. The Labute approximate surface area is 264 Å². The van der Waals surface area contributed by atoms with Crippen molar-refractivity contribution in [3.63, 3.8) is 0 Å². The van der Waals surface area contributed by atoms with Gasteiger partial charge in [0.05, 0.1) is 37.0 Å². The second-order valence-corrected chi connectivity index (χ2v) is 15.6. The molecule has 0 aromatic carbocycles. The normalized spacial score (nSPS) is 16.6. The molecule has 0 aliphatic heterocycles. The van der Waals surface area contributed by atoms with Crippen LogP contribution in [0.15, 0.2) is 12.4 Å². The number of rotatable bonds is 12. The number of aliphatic hydroxyl groups is 4. The molecule has 1 amide bonds. The van der Waals surface area contributed by atoms with Crippen LogP contribution in [0, 0.1) is 34.5 Å². The van der Waals surface area contributed by atoms with Crippen molar-refractivity contribution < 1.29 is 25.2 Å². The van der Waals surface area contributed by atoms with Crippen molar-refractivity contribution in [2.24, 2.45) is 41.5 Å². The maximum Gasteiger partial charge on any atom is 0.237 e. The zero-order valence-electron chi connectivity index (χ0n) is 30.4. The maximum atomic E-state index is 12.7. The van der Waals surface area contributed by atoms with E-state index >= 15 is 0 Å². The fourth-order valence-electron chi connectivity index (χ4n) is 3.65. The van der Waals surface area contributed by atoms with Crippen molar-refractivity contribution in [3.8, 4) is 0 Å². The Kier molecular flexibility index (Phi) is 20.1. The third-order valence-corrected chi connectivity index (χ3v) is 7.91. The zero-order chi connectivity index (χ0) is 34.5. The first-order valence-corrected chi connectivity index (χ1v) is 16.1. The molecule has 9 nitrogen and oxygen atoms in total. The first kappa shape index (κ1) is 43.6. The Morgan fingerprint density at radius 2 is 1.19 bits per heavy atom. The summed E-state index contributed by atoms with van der Waals surface area (Å²) in [6.45, 7) is 30.7. The first-order chi connectivity index (χ1) is 19.3. The lowest BCUT2D eigenvalue weighted by atomic mass is 9.84. The molecule has 0 unspecified atom stereocenters. The highest BCUT2D eigenvalue weighted by Crippen LogP contribution is 2.23. The molecule has 256 valence electrons. The molecule has 0 bridgehead atoms. The molecule has 43 heavy (non-hydrogen) atoms. The molecule has 0 fully saturated rings. The first-order valence-electron chi connectivity index (χ1n) is 16.1. The van der Waals surface area contributed by atoms with Crippen LogP contribution in [0.4, 0.5) is 0 Å². The predicted molar refractivity (Wildman–Crippen MR) is 178 cm³/mol. The Morgan fingerprint density at radius 1 is 0.767 bits per heavy atom. The number of aromatic nitrogens is 2. The van der Waals surface area contributed by atoms with Crippen LogP contribution in [0.5, 0.6) is 0 Å². The molecule has 0 aliphatic carbocycles. The number of carbonyl (C=O) groups excluding carboxylic acids is 1. The van der Waals surface area contributed by atoms with Gasteiger partial charge in [0, 0.05) is 25.5 Å². The van der Waals surface area contributed by atoms with Gasteiger partial charge in [-0.2, -0.15) is 0 Å². The van der Waals surface area contributed by atoms with Crippen molar-refractivity contribution >= 4 is 5.91 Å². The average molecular weight is 615 g/mol. The summed E-state index contributed by atoms with van der Waals surface area (Å²) in [6, 6.07) is -0.159. The quantitative estimate of drug-likeness (QED) is 0.197. The van der Waals surface area contributed by atoms with Gasteiger partial charge in [-0.05, 0) is 47.8 Å². The van der Waals surface area contributed by atoms with Gasteiger partial charge >= 0.3 is 0 Å². The molecule has 0 saturated heterocycles. The third-order valence-electron chi connectivity index (χ3n) is 7.91. The molecule has 1 heterocycles. The number of nitrogens with zero attached hydrogens (tertiary/aromatic N) is 2. The van der Waals surface area contributed by atoms with Gasteiger partial charge < -0.3 is 30.3 Å². The molecule has 9 heteroatoms. The minimum atomic E-state index is -0.583. The van der Waals surface area contributed by atoms with E-state index in [1.807, 2.05) is 73.2 Å². The highest BCUT2D eigenvalue weighted by atomic mass is 16.3. The topological polar surface area (TPSA) is 140 Å². The molecular formula is C34H70N4O5. The molecule has 1 aromatic rings. The third kappa shape index (κ3) is 18.1. The summed E-state index contributed by atoms with van der Waals surface area (Å²) in [5.41, 5.74) is -0.134. The number of carbonyl (C=O) groups is 1. The van der Waals surface area contributed by atoms with E-state index in [0.29, 0.717) is 13.0 Å². The lowest BCUT2D eigenvalue weighted by molar-refractivity contribution is -0.127. The Balaban J connectivity index is 0. The SMILES string of the molecule is CC(C)[C@@H](O)[C@@H](O)C(C)C.CC(C)[C@H](O)C[C@H](O)C(C)C.C[C@@H](NC(=O)[C@@H](NCc1nccn1C)C(C)(C)C)C(C)(C)C. The smallest absolute Gasteiger partial charge is 0.237 e. The van der Waals surface area contributed by atoms with E-state index in [1.165, 1.54) is 0 Å². The van der Waals surface area contributed by atoms with Gasteiger partial charge in [0.15, 0.2) is 0 Å². The largest absolute Gasteiger partial charge is 0.393 e. The van der Waals surface area contributed by atoms with Gasteiger partial charge in [0.1, 0.15) is 5.82 Å². The molecule has 0 radical (unpaired) electrons. The van der Waals surface area contributed by atoms with Crippen LogP contribution in [0.25, 0.3) is 0 Å². The van der Waals surface area contributed by atoms with Crippen molar-refractivity contribution in [2.75, 3.05) is 0 Å². The van der Waals surface area contributed by atoms with Crippen molar-refractivity contribution in [2.45, 2.75) is 153 Å². The van der Waals surface area contributed by atoms with E-state index in [2.05, 4.69) is 64.1 Å². The summed E-state index contributed by atoms with van der Waals surface area (Å²) >= 11 is 0. The summed E-state index contributed by atoms with van der Waals surface area (Å²) in [4.78, 5) is 17.0. The average Bonchev–Trinajstić information content (AvgIpc) is 3.26. The molecule has 1 aromatic heterocycles. The highest BCUT2D eigenvalue weighted by molar-refractivity contribution is 5.82. The van der Waals surface area contributed by atoms with E-state index in [9.17, 15) is 25.2 Å². The fraction of sp³-hybridized carbons (Fsp3) is 0.882. The summed E-state index contributed by atoms with van der Waals surface area (Å²) in [7, 11) is 1.96. The molecular weight excluding hydrogens is 544 g/mol. The van der Waals surface area contributed by atoms with E-state index < -0.39 is 12.2 Å². The number of nitrogens with one attached hydrogen (secondary N) is 2. The molecule has 0 saturated carbocycles. The highest BCUT2D eigenvalue weighted by Gasteiger charge is 2.33. The number of imidazole rings is 1. The number of amides is 1. The molecule has 0 spiro atoms. The summed E-state index contributed by atoms with van der Waals surface area (Å²) in [5, 5.41) is 43.9. The van der Waals surface area contributed by atoms with Gasteiger partial charge in [-0.15, -0.1) is 0 Å². The summed E-state index contributed by atoms with van der Waals surface area (Å²) < 4.78 is 1.96. The Hall–Kier alpha value is -1.52. The standard InChI is InChI=1S/C17H32N4O.C9H20O2.C8H18O2/c1-12(16(2,3)4)20-15(22)14(17(5,6)7)19-11-13-18-9-10-21(13)8;1-6(2)8(10)5-9(11)7(3)4;1-5(2)7(9)8(10)6(3)4/h9-10,12,14,19H,11H2,1-8H3,(H,20,22);6-11H,5H2,1-4H3;5-10H,1-4H3/t12-,14-;8-,9+;7-,8+/m1../s1. The molecule has 6 atom stereocenters. The number of hydrogen-bond donors (Lipinski definition) is 6. The van der Waals surface area contributed by atoms with Crippen LogP contribution in [0.1, 0.15) is 116 Å². The van der Waals surface area contributed by atoms with E-state index in [-0.39, 0.29) is 64.7 Å². The minimum absolute atomic E-state index is 0.0395. The monoisotopic (exact) mass is 615 g/mol. The van der Waals surface area contributed by atoms with Gasteiger partial charge in [-0.25, -0.2) is 4.98 Å². The van der Waals surface area contributed by atoms with Gasteiger partial charge in [-0.3, -0.25) is 10.1 Å². The zero-order valence-corrected chi connectivity index (χ0v) is 30.4. The van der Waals surface area contributed by atoms with Gasteiger partial charge in [-0.1, -0.05) is 96.9 Å². The van der Waals surface area contributed by atoms with Crippen LogP contribution in [-0.2, 0) is 18.4 Å². The van der Waals surface area contributed by atoms with Crippen LogP contribution in [0.2, 0.25) is 0 Å². The van der Waals surface area contributed by atoms with Crippen LogP contribution < -0.4 is 10.6 Å². The Morgan fingerprint density at radius 3 is 1.47 bits per heavy atom. The lowest BCUT2D eigenvalue weighted by Gasteiger charge is -2.34. The van der Waals surface area contributed by atoms with Crippen molar-refractivity contribution in [1.29, 1.82) is 0 Å². The predicted octanol–water partition coefficient (Wildman–Crippen LogP) is 4.91. The maximum absolute atomic E-state index is 12.7. The second kappa shape index (κ2) is 19.8. The summed E-state index contributed by atoms with van der Waals surface area (Å²) in [6.07, 6.45) is 2.27. The van der Waals surface area contributed by atoms with Crippen LogP contribution >= 0.6 is 0 Å². The van der Waals surface area contributed by atoms with E-state index in [1.54, 1.807) is 6.20 Å². The molecule has 6 N–H and O–H groups in total. The van der Waals surface area contributed by atoms with Crippen LogP contribution in [-0.4, -0.2) is 72.4 Å². The molecule has 0 aliphatic rings. The van der Waals surface area contributed by atoms with E-state index in [4.69, 9.17) is 0 Å². The second-order valence-electron chi connectivity index (χ2n) is 15.6. The van der Waals surface area contributed by atoms with Crippen LogP contribution in [0.3, 0.4) is 0 Å². The number of aliphatic hydroxyl groups excluding tert-OH is 4. The summed E-state index contributed by atoms with van der Waals surface area (Å²) in [5.74, 6) is 1.72. The van der Waals surface area contributed by atoms with Gasteiger partial charge in [0.25, 0.3) is 0 Å². The van der Waals surface area contributed by atoms with Crippen molar-refractivity contribution in [3.05, 3.63) is 18.2 Å². The van der Waals surface area contributed by atoms with Gasteiger partial charge in [0.2, 0.25) is 5.91 Å². The Bertz CT molecular complexity index is 847. The number of hydrogen-bond acceptors (Lipinski definition) is 7. The van der Waals surface area contributed by atoms with E-state index in [0.717, 1.165) is 5.82 Å².